The van der Waals surface area contributed by atoms with Gasteiger partial charge in [-0.15, -0.1) is 0 Å². The number of nitrogens with one attached hydrogen (secondary N) is 1. The molecule has 0 radical (unpaired) electrons. The highest BCUT2D eigenvalue weighted by atomic mass is 32.2. The molecule has 0 bridgehead atoms. The van der Waals surface area contributed by atoms with Crippen molar-refractivity contribution < 1.29 is 17.9 Å². The summed E-state index contributed by atoms with van der Waals surface area (Å²) in [7, 11) is -1.53. The summed E-state index contributed by atoms with van der Waals surface area (Å²) in [4.78, 5) is 2.33. The van der Waals surface area contributed by atoms with Gasteiger partial charge < -0.3 is 14.4 Å². The molecule has 0 spiro atoms. The fraction of sp³-hybridized carbons (Fsp3) is 0.538. The van der Waals surface area contributed by atoms with Crippen molar-refractivity contribution in [2.75, 3.05) is 33.4 Å². The maximum absolute atomic E-state index is 12.4. The average Bonchev–Trinajstić information content (AvgIpc) is 2.83. The molecule has 110 valence electrons. The Bertz CT molecular complexity index is 602. The molecule has 2 heterocycles. The highest BCUT2D eigenvalue weighted by Gasteiger charge is 2.26. The summed E-state index contributed by atoms with van der Waals surface area (Å²) in [6, 6.07) is 4.69. The fourth-order valence-corrected chi connectivity index (χ4v) is 3.79. The molecule has 3 rings (SSSR count). The predicted octanol–water partition coefficient (Wildman–Crippen LogP) is 0.440. The highest BCUT2D eigenvalue weighted by molar-refractivity contribution is 7.89. The van der Waals surface area contributed by atoms with Crippen LogP contribution in [0, 0.1) is 0 Å². The third-order valence-electron chi connectivity index (χ3n) is 3.54. The molecule has 0 amide bonds. The second-order valence-corrected chi connectivity index (χ2v) is 6.89. The van der Waals surface area contributed by atoms with Gasteiger partial charge in [0.1, 0.15) is 13.2 Å². The molecule has 1 aromatic carbocycles. The number of hydrogen-bond acceptors (Lipinski definition) is 5. The van der Waals surface area contributed by atoms with Gasteiger partial charge >= 0.3 is 0 Å². The summed E-state index contributed by atoms with van der Waals surface area (Å²) < 4.78 is 38.3. The Morgan fingerprint density at radius 2 is 2.00 bits per heavy atom. The Morgan fingerprint density at radius 1 is 1.25 bits per heavy atom. The molecule has 6 nitrogen and oxygen atoms in total. The zero-order chi connectivity index (χ0) is 14.2. The third-order valence-corrected chi connectivity index (χ3v) is 5.06. The molecule has 1 aromatic rings. The molecule has 0 saturated carbocycles. The van der Waals surface area contributed by atoms with Gasteiger partial charge in [-0.3, -0.25) is 0 Å². The number of likely N-dealkylation sites (N-methyl/N-ethyl adjacent to an activating group) is 1. The lowest BCUT2D eigenvalue weighted by Crippen LogP contribution is -2.36. The van der Waals surface area contributed by atoms with Crippen molar-refractivity contribution in [1.82, 2.24) is 9.62 Å². The average molecular weight is 298 g/mol. The van der Waals surface area contributed by atoms with E-state index in [1.165, 1.54) is 6.07 Å². The van der Waals surface area contributed by atoms with E-state index in [0.717, 1.165) is 19.5 Å². The third kappa shape index (κ3) is 2.74. The first kappa shape index (κ1) is 13.7. The number of hydrogen-bond donors (Lipinski definition) is 1. The minimum atomic E-state index is -3.51. The molecule has 20 heavy (non-hydrogen) atoms. The maximum Gasteiger partial charge on any atom is 0.241 e. The summed E-state index contributed by atoms with van der Waals surface area (Å²) in [5.74, 6) is 1.08. The standard InChI is InChI=1S/C13H18N2O4S/c1-15-5-4-10(9-15)14-20(16,17)11-2-3-12-13(8-11)19-7-6-18-12/h2-3,8,10,14H,4-7,9H2,1H3. The van der Waals surface area contributed by atoms with Crippen molar-refractivity contribution in [2.45, 2.75) is 17.4 Å². The van der Waals surface area contributed by atoms with Crippen molar-refractivity contribution in [1.29, 1.82) is 0 Å². The topological polar surface area (TPSA) is 67.9 Å². The van der Waals surface area contributed by atoms with E-state index < -0.39 is 10.0 Å². The minimum absolute atomic E-state index is 0.0294. The van der Waals surface area contributed by atoms with Gasteiger partial charge in [0.25, 0.3) is 0 Å². The molecule has 1 saturated heterocycles. The largest absolute Gasteiger partial charge is 0.486 e. The molecule has 1 unspecified atom stereocenters. The van der Waals surface area contributed by atoms with E-state index in [4.69, 9.17) is 9.47 Å². The van der Waals surface area contributed by atoms with Crippen molar-refractivity contribution in [3.05, 3.63) is 18.2 Å². The molecule has 1 N–H and O–H groups in total. The molecule has 0 aliphatic carbocycles. The van der Waals surface area contributed by atoms with Gasteiger partial charge in [0.2, 0.25) is 10.0 Å². The van der Waals surface area contributed by atoms with Gasteiger partial charge in [-0.1, -0.05) is 0 Å². The van der Waals surface area contributed by atoms with Crippen molar-refractivity contribution in [3.63, 3.8) is 0 Å². The van der Waals surface area contributed by atoms with E-state index >= 15 is 0 Å². The molecule has 1 atom stereocenters. The molecule has 1 fully saturated rings. The van der Waals surface area contributed by atoms with Gasteiger partial charge in [0.15, 0.2) is 11.5 Å². The maximum atomic E-state index is 12.4. The van der Waals surface area contributed by atoms with Crippen LogP contribution in [0.15, 0.2) is 23.1 Å². The number of sulfonamides is 1. The first-order valence-corrected chi connectivity index (χ1v) is 8.13. The van der Waals surface area contributed by atoms with Crippen LogP contribution in [-0.2, 0) is 10.0 Å². The molecular formula is C13H18N2O4S. The second kappa shape index (κ2) is 5.23. The molecule has 2 aliphatic heterocycles. The number of rotatable bonds is 3. The first-order valence-electron chi connectivity index (χ1n) is 6.65. The van der Waals surface area contributed by atoms with Gasteiger partial charge in [0.05, 0.1) is 4.90 Å². The zero-order valence-corrected chi connectivity index (χ0v) is 12.1. The summed E-state index contributed by atoms with van der Waals surface area (Å²) in [5.41, 5.74) is 0. The number of benzene rings is 1. The minimum Gasteiger partial charge on any atom is -0.486 e. The smallest absolute Gasteiger partial charge is 0.241 e. The van der Waals surface area contributed by atoms with Crippen molar-refractivity contribution in [2.24, 2.45) is 0 Å². The Balaban J connectivity index is 1.80. The lowest BCUT2D eigenvalue weighted by atomic mass is 10.3. The van der Waals surface area contributed by atoms with Crippen LogP contribution in [0.5, 0.6) is 11.5 Å². The van der Waals surface area contributed by atoms with Crippen LogP contribution in [0.25, 0.3) is 0 Å². The summed E-state index contributed by atoms with van der Waals surface area (Å²) >= 11 is 0. The number of fused-ring (bicyclic) bond motifs is 1. The normalized spacial score (nSPS) is 22.9. The monoisotopic (exact) mass is 298 g/mol. The van der Waals surface area contributed by atoms with E-state index in [1.807, 2.05) is 7.05 Å². The van der Waals surface area contributed by atoms with E-state index in [2.05, 4.69) is 9.62 Å². The molecule has 0 aromatic heterocycles. The van der Waals surface area contributed by atoms with Crippen LogP contribution < -0.4 is 14.2 Å². The van der Waals surface area contributed by atoms with E-state index in [-0.39, 0.29) is 10.9 Å². The first-order chi connectivity index (χ1) is 9.54. The van der Waals surface area contributed by atoms with Crippen LogP contribution in [0.3, 0.4) is 0 Å². The van der Waals surface area contributed by atoms with Crippen molar-refractivity contribution in [3.8, 4) is 11.5 Å². The van der Waals surface area contributed by atoms with Gasteiger partial charge in [-0.25, -0.2) is 13.1 Å². The van der Waals surface area contributed by atoms with Gasteiger partial charge in [-0.2, -0.15) is 0 Å². The second-order valence-electron chi connectivity index (χ2n) is 5.17. The molecule has 7 heteroatoms. The Hall–Kier alpha value is -1.31. The number of nitrogens with zero attached hydrogens (tertiary/aromatic N) is 1. The van der Waals surface area contributed by atoms with E-state index in [9.17, 15) is 8.42 Å². The van der Waals surface area contributed by atoms with Crippen molar-refractivity contribution >= 4 is 10.0 Å². The Labute approximate surface area is 118 Å². The quantitative estimate of drug-likeness (QED) is 0.877. The van der Waals surface area contributed by atoms with Crippen LogP contribution in [0.4, 0.5) is 0 Å². The SMILES string of the molecule is CN1CCC(NS(=O)(=O)c2ccc3c(c2)OCCO3)C1. The number of ether oxygens (including phenoxy) is 2. The number of likely N-dealkylation sites (tertiary alicyclic amines) is 1. The Kier molecular flexibility index (Phi) is 3.57. The van der Waals surface area contributed by atoms with E-state index in [1.54, 1.807) is 12.1 Å². The fourth-order valence-electron chi connectivity index (χ4n) is 2.51. The lowest BCUT2D eigenvalue weighted by Gasteiger charge is -2.19. The van der Waals surface area contributed by atoms with Gasteiger partial charge in [-0.05, 0) is 32.1 Å². The molecular weight excluding hydrogens is 280 g/mol. The van der Waals surface area contributed by atoms with E-state index in [0.29, 0.717) is 24.7 Å². The van der Waals surface area contributed by atoms with Gasteiger partial charge in [0, 0.05) is 18.7 Å². The zero-order valence-electron chi connectivity index (χ0n) is 11.3. The van der Waals surface area contributed by atoms with Crippen LogP contribution in [-0.4, -0.2) is 52.7 Å². The Morgan fingerprint density at radius 3 is 2.70 bits per heavy atom. The predicted molar refractivity (Wildman–Crippen MR) is 73.7 cm³/mol. The lowest BCUT2D eigenvalue weighted by molar-refractivity contribution is 0.171. The van der Waals surface area contributed by atoms with Crippen LogP contribution in [0.2, 0.25) is 0 Å². The highest BCUT2D eigenvalue weighted by Crippen LogP contribution is 2.32. The summed E-state index contributed by atoms with van der Waals surface area (Å²) in [6.07, 6.45) is 0.834. The van der Waals surface area contributed by atoms with Crippen LogP contribution >= 0.6 is 0 Å². The molecule has 2 aliphatic rings. The summed E-state index contributed by atoms with van der Waals surface area (Å²) in [5, 5.41) is 0. The van der Waals surface area contributed by atoms with Crippen LogP contribution in [0.1, 0.15) is 6.42 Å². The summed E-state index contributed by atoms with van der Waals surface area (Å²) in [6.45, 7) is 2.58.